The summed E-state index contributed by atoms with van der Waals surface area (Å²) in [4.78, 5) is 18.0. The molecule has 60 valence electrons. The Balaban J connectivity index is 2.61. The van der Waals surface area contributed by atoms with Gasteiger partial charge in [0.1, 0.15) is 5.69 Å². The van der Waals surface area contributed by atoms with Crippen LogP contribution in [0.1, 0.15) is 12.1 Å². The van der Waals surface area contributed by atoms with Gasteiger partial charge in [0.2, 0.25) is 5.91 Å². The summed E-state index contributed by atoms with van der Waals surface area (Å²) in [6.07, 6.45) is 4.66. The standard InChI is InChI=1S/C8H7N3O/c9-8(12)3-1-2-7-6-10-4-5-11-7/h4-6H,3H2,(H2,9,12). The minimum atomic E-state index is -0.439. The third-order valence-electron chi connectivity index (χ3n) is 1.04. The minimum absolute atomic E-state index is 0.0522. The molecule has 0 aliphatic rings. The fourth-order valence-corrected chi connectivity index (χ4v) is 0.586. The average molecular weight is 161 g/mol. The number of carbonyl (C=O) groups is 1. The Kier molecular flexibility index (Phi) is 2.79. The molecule has 4 nitrogen and oxygen atoms in total. The van der Waals surface area contributed by atoms with E-state index in [9.17, 15) is 4.79 Å². The van der Waals surface area contributed by atoms with E-state index in [-0.39, 0.29) is 6.42 Å². The Labute approximate surface area is 69.8 Å². The second kappa shape index (κ2) is 4.09. The highest BCUT2D eigenvalue weighted by molar-refractivity contribution is 5.76. The van der Waals surface area contributed by atoms with E-state index in [4.69, 9.17) is 5.73 Å². The maximum absolute atomic E-state index is 10.3. The second-order valence-electron chi connectivity index (χ2n) is 2.04. The number of nitrogens with zero attached hydrogens (tertiary/aromatic N) is 2. The molecule has 0 fully saturated rings. The Morgan fingerprint density at radius 2 is 2.42 bits per heavy atom. The topological polar surface area (TPSA) is 68.9 Å². The highest BCUT2D eigenvalue weighted by atomic mass is 16.1. The van der Waals surface area contributed by atoms with Crippen molar-refractivity contribution in [2.24, 2.45) is 5.73 Å². The number of carbonyl (C=O) groups excluding carboxylic acids is 1. The highest BCUT2D eigenvalue weighted by Gasteiger charge is 1.87. The lowest BCUT2D eigenvalue weighted by Crippen LogP contribution is -2.08. The van der Waals surface area contributed by atoms with Crippen molar-refractivity contribution in [1.29, 1.82) is 0 Å². The number of primary amides is 1. The molecule has 1 rings (SSSR count). The molecule has 1 heterocycles. The van der Waals surface area contributed by atoms with E-state index >= 15 is 0 Å². The zero-order valence-electron chi connectivity index (χ0n) is 6.32. The van der Waals surface area contributed by atoms with Crippen LogP contribution in [0.3, 0.4) is 0 Å². The van der Waals surface area contributed by atoms with Crippen LogP contribution in [0.4, 0.5) is 0 Å². The number of rotatable bonds is 1. The Bertz CT molecular complexity index is 323. The van der Waals surface area contributed by atoms with Crippen molar-refractivity contribution in [3.63, 3.8) is 0 Å². The van der Waals surface area contributed by atoms with Crippen LogP contribution in [-0.2, 0) is 4.79 Å². The molecule has 0 bridgehead atoms. The molecule has 0 atom stereocenters. The van der Waals surface area contributed by atoms with E-state index in [0.29, 0.717) is 5.69 Å². The van der Waals surface area contributed by atoms with Crippen LogP contribution in [0.15, 0.2) is 18.6 Å². The third kappa shape index (κ3) is 2.80. The minimum Gasteiger partial charge on any atom is -0.369 e. The van der Waals surface area contributed by atoms with Gasteiger partial charge in [0.05, 0.1) is 12.6 Å². The van der Waals surface area contributed by atoms with Gasteiger partial charge in [0, 0.05) is 12.4 Å². The van der Waals surface area contributed by atoms with Crippen LogP contribution in [0.2, 0.25) is 0 Å². The molecule has 0 aliphatic carbocycles. The van der Waals surface area contributed by atoms with Crippen molar-refractivity contribution in [1.82, 2.24) is 9.97 Å². The highest BCUT2D eigenvalue weighted by Crippen LogP contribution is 1.85. The molecule has 2 N–H and O–H groups in total. The van der Waals surface area contributed by atoms with E-state index in [2.05, 4.69) is 21.8 Å². The van der Waals surface area contributed by atoms with Crippen LogP contribution in [-0.4, -0.2) is 15.9 Å². The molecular weight excluding hydrogens is 154 g/mol. The van der Waals surface area contributed by atoms with E-state index in [1.54, 1.807) is 6.20 Å². The van der Waals surface area contributed by atoms with Gasteiger partial charge in [-0.15, -0.1) is 0 Å². The van der Waals surface area contributed by atoms with Crippen molar-refractivity contribution in [3.05, 3.63) is 24.3 Å². The van der Waals surface area contributed by atoms with Gasteiger partial charge < -0.3 is 5.73 Å². The lowest BCUT2D eigenvalue weighted by Gasteiger charge is -1.84. The summed E-state index contributed by atoms with van der Waals surface area (Å²) in [5.41, 5.74) is 5.42. The van der Waals surface area contributed by atoms with Gasteiger partial charge in [-0.1, -0.05) is 5.92 Å². The van der Waals surface area contributed by atoms with Gasteiger partial charge in [-0.25, -0.2) is 4.98 Å². The van der Waals surface area contributed by atoms with Crippen molar-refractivity contribution < 1.29 is 4.79 Å². The summed E-state index contributed by atoms with van der Waals surface area (Å²) in [7, 11) is 0. The molecule has 1 aromatic rings. The monoisotopic (exact) mass is 161 g/mol. The third-order valence-corrected chi connectivity index (χ3v) is 1.04. The second-order valence-corrected chi connectivity index (χ2v) is 2.04. The fraction of sp³-hybridized carbons (Fsp3) is 0.125. The summed E-state index contributed by atoms with van der Waals surface area (Å²) >= 11 is 0. The molecular formula is C8H7N3O. The lowest BCUT2D eigenvalue weighted by molar-refractivity contribution is -0.117. The Hall–Kier alpha value is -1.89. The maximum atomic E-state index is 10.3. The summed E-state index contributed by atoms with van der Waals surface area (Å²) in [6, 6.07) is 0. The molecule has 0 saturated carbocycles. The zero-order chi connectivity index (χ0) is 8.81. The summed E-state index contributed by atoms with van der Waals surface area (Å²) in [6.45, 7) is 0. The van der Waals surface area contributed by atoms with Gasteiger partial charge in [0.25, 0.3) is 0 Å². The van der Waals surface area contributed by atoms with Crippen LogP contribution < -0.4 is 5.73 Å². The van der Waals surface area contributed by atoms with Gasteiger partial charge in [-0.2, -0.15) is 0 Å². The number of nitrogens with two attached hydrogens (primary N) is 1. The van der Waals surface area contributed by atoms with Crippen LogP contribution >= 0.6 is 0 Å². The SMILES string of the molecule is NC(=O)CC#Cc1cnccn1. The zero-order valence-corrected chi connectivity index (χ0v) is 6.32. The van der Waals surface area contributed by atoms with E-state index in [1.165, 1.54) is 12.4 Å². The number of amides is 1. The van der Waals surface area contributed by atoms with Crippen molar-refractivity contribution >= 4 is 5.91 Å². The van der Waals surface area contributed by atoms with Crippen LogP contribution in [0, 0.1) is 11.8 Å². The van der Waals surface area contributed by atoms with Crippen molar-refractivity contribution in [2.45, 2.75) is 6.42 Å². The van der Waals surface area contributed by atoms with E-state index in [0.717, 1.165) is 0 Å². The number of hydrogen-bond acceptors (Lipinski definition) is 3. The number of aromatic nitrogens is 2. The largest absolute Gasteiger partial charge is 0.369 e. The fourth-order valence-electron chi connectivity index (χ4n) is 0.586. The number of hydrogen-bond donors (Lipinski definition) is 1. The molecule has 0 saturated heterocycles. The molecule has 0 aromatic carbocycles. The summed E-state index contributed by atoms with van der Waals surface area (Å²) in [5.74, 6) is 4.79. The first-order valence-corrected chi connectivity index (χ1v) is 3.32. The normalized spacial score (nSPS) is 8.33. The first kappa shape index (κ1) is 8.21. The molecule has 12 heavy (non-hydrogen) atoms. The molecule has 0 unspecified atom stereocenters. The van der Waals surface area contributed by atoms with Crippen LogP contribution in [0.5, 0.6) is 0 Å². The molecule has 1 aromatic heterocycles. The summed E-state index contributed by atoms with van der Waals surface area (Å²) in [5, 5.41) is 0. The Morgan fingerprint density at radius 3 is 3.00 bits per heavy atom. The van der Waals surface area contributed by atoms with Gasteiger partial charge in [0.15, 0.2) is 0 Å². The van der Waals surface area contributed by atoms with Crippen LogP contribution in [0.25, 0.3) is 0 Å². The maximum Gasteiger partial charge on any atom is 0.229 e. The quantitative estimate of drug-likeness (QED) is 0.575. The molecule has 0 spiro atoms. The van der Waals surface area contributed by atoms with Crippen molar-refractivity contribution in [3.8, 4) is 11.8 Å². The van der Waals surface area contributed by atoms with E-state index < -0.39 is 5.91 Å². The predicted molar refractivity (Wildman–Crippen MR) is 42.7 cm³/mol. The molecule has 0 radical (unpaired) electrons. The first-order chi connectivity index (χ1) is 5.79. The van der Waals surface area contributed by atoms with Gasteiger partial charge >= 0.3 is 0 Å². The Morgan fingerprint density at radius 1 is 1.58 bits per heavy atom. The molecule has 1 amide bonds. The molecule has 4 heteroatoms. The summed E-state index contributed by atoms with van der Waals surface area (Å²) < 4.78 is 0. The van der Waals surface area contributed by atoms with Crippen molar-refractivity contribution in [2.75, 3.05) is 0 Å². The first-order valence-electron chi connectivity index (χ1n) is 3.32. The van der Waals surface area contributed by atoms with Gasteiger partial charge in [-0.3, -0.25) is 9.78 Å². The smallest absolute Gasteiger partial charge is 0.229 e. The van der Waals surface area contributed by atoms with E-state index in [1.807, 2.05) is 0 Å². The van der Waals surface area contributed by atoms with Gasteiger partial charge in [-0.05, 0) is 5.92 Å². The average Bonchev–Trinajstić information content (AvgIpc) is 2.05. The lowest BCUT2D eigenvalue weighted by atomic mass is 10.4. The molecule has 0 aliphatic heterocycles. The predicted octanol–water partition coefficient (Wildman–Crippen LogP) is -0.297.